The number of hydrogen-bond donors (Lipinski definition) is 4. The summed E-state index contributed by atoms with van der Waals surface area (Å²) in [6, 6.07) is 0. The van der Waals surface area contributed by atoms with Crippen molar-refractivity contribution in [2.75, 3.05) is 6.61 Å². The van der Waals surface area contributed by atoms with Crippen LogP contribution in [0.1, 0.15) is 0 Å². The van der Waals surface area contributed by atoms with Crippen LogP contribution in [-0.2, 0) is 4.74 Å². The first-order chi connectivity index (χ1) is 5.57. The van der Waals surface area contributed by atoms with Gasteiger partial charge in [-0.15, -0.1) is 0 Å². The molecular weight excluding hydrogens is 279 g/mol. The fraction of sp³-hybridized carbons (Fsp3) is 1.00. The van der Waals surface area contributed by atoms with Gasteiger partial charge in [-0.2, -0.15) is 0 Å². The molecule has 0 spiro atoms. The second-order valence-corrected chi connectivity index (χ2v) is 3.91. The van der Waals surface area contributed by atoms with Crippen molar-refractivity contribution < 1.29 is 25.2 Å². The smallest absolute Gasteiger partial charge is 0.137 e. The zero-order valence-electron chi connectivity index (χ0n) is 6.17. The molecule has 0 aromatic rings. The van der Waals surface area contributed by atoms with Crippen molar-refractivity contribution in [2.24, 2.45) is 0 Å². The van der Waals surface area contributed by atoms with Crippen LogP contribution < -0.4 is 0 Å². The van der Waals surface area contributed by atoms with E-state index in [-0.39, 0.29) is 6.61 Å². The zero-order valence-corrected chi connectivity index (χ0v) is 8.33. The third kappa shape index (κ3) is 1.88. The predicted molar refractivity (Wildman–Crippen MR) is 47.8 cm³/mol. The Morgan fingerprint density at radius 2 is 1.67 bits per heavy atom. The SMILES string of the molecule is OC[C@H]1OC(I)[C@H](O)[C@@H](O)[C@@H]1O. The van der Waals surface area contributed by atoms with Gasteiger partial charge in [-0.1, -0.05) is 0 Å². The molecule has 0 aliphatic carbocycles. The lowest BCUT2D eigenvalue weighted by Gasteiger charge is -2.37. The molecule has 6 heteroatoms. The van der Waals surface area contributed by atoms with E-state index in [0.29, 0.717) is 0 Å². The number of rotatable bonds is 1. The normalized spacial score (nSPS) is 49.2. The molecular formula is C6H11IO5. The highest BCUT2D eigenvalue weighted by molar-refractivity contribution is 14.1. The topological polar surface area (TPSA) is 90.2 Å². The lowest BCUT2D eigenvalue weighted by Crippen LogP contribution is -2.56. The number of ether oxygens (including phenoxy) is 1. The second-order valence-electron chi connectivity index (χ2n) is 2.68. The molecule has 1 unspecified atom stereocenters. The van der Waals surface area contributed by atoms with Crippen LogP contribution in [0.3, 0.4) is 0 Å². The van der Waals surface area contributed by atoms with E-state index < -0.39 is 28.5 Å². The molecule has 0 radical (unpaired) electrons. The molecule has 0 aromatic heterocycles. The highest BCUT2D eigenvalue weighted by atomic mass is 127. The Bertz CT molecular complexity index is 150. The molecule has 1 rings (SSSR count). The van der Waals surface area contributed by atoms with E-state index >= 15 is 0 Å². The molecule has 1 aliphatic heterocycles. The average Bonchev–Trinajstić information content (AvgIpc) is 2.08. The minimum Gasteiger partial charge on any atom is -0.394 e. The van der Waals surface area contributed by atoms with Crippen molar-refractivity contribution >= 4 is 22.6 Å². The Morgan fingerprint density at radius 3 is 2.17 bits per heavy atom. The van der Waals surface area contributed by atoms with Crippen molar-refractivity contribution in [1.82, 2.24) is 0 Å². The van der Waals surface area contributed by atoms with E-state index in [0.717, 1.165) is 0 Å². The summed E-state index contributed by atoms with van der Waals surface area (Å²) in [4.78, 5) is 0. The molecule has 1 heterocycles. The first-order valence-corrected chi connectivity index (χ1v) is 4.77. The van der Waals surface area contributed by atoms with Crippen LogP contribution in [0.25, 0.3) is 0 Å². The summed E-state index contributed by atoms with van der Waals surface area (Å²) in [7, 11) is 0. The van der Waals surface area contributed by atoms with Gasteiger partial charge in [0.15, 0.2) is 0 Å². The van der Waals surface area contributed by atoms with Crippen LogP contribution in [-0.4, -0.2) is 55.6 Å². The molecule has 1 saturated heterocycles. The Balaban J connectivity index is 2.63. The molecule has 4 N–H and O–H groups in total. The van der Waals surface area contributed by atoms with Gasteiger partial charge in [-0.3, -0.25) is 0 Å². The number of hydrogen-bond acceptors (Lipinski definition) is 5. The molecule has 5 atom stereocenters. The van der Waals surface area contributed by atoms with Gasteiger partial charge < -0.3 is 25.2 Å². The highest BCUT2D eigenvalue weighted by Crippen LogP contribution is 2.24. The van der Waals surface area contributed by atoms with Crippen LogP contribution >= 0.6 is 22.6 Å². The van der Waals surface area contributed by atoms with Crippen LogP contribution in [0, 0.1) is 0 Å². The van der Waals surface area contributed by atoms with Crippen LogP contribution in [0.5, 0.6) is 0 Å². The minimum atomic E-state index is -1.25. The van der Waals surface area contributed by atoms with Gasteiger partial charge >= 0.3 is 0 Å². The first-order valence-electron chi connectivity index (χ1n) is 3.52. The molecule has 12 heavy (non-hydrogen) atoms. The zero-order chi connectivity index (χ0) is 9.30. The van der Waals surface area contributed by atoms with E-state index in [2.05, 4.69) is 0 Å². The van der Waals surface area contributed by atoms with Gasteiger partial charge in [0.05, 0.1) is 6.61 Å². The average molecular weight is 290 g/mol. The molecule has 5 nitrogen and oxygen atoms in total. The van der Waals surface area contributed by atoms with Crippen molar-refractivity contribution in [1.29, 1.82) is 0 Å². The molecule has 0 aromatic carbocycles. The summed E-state index contributed by atoms with van der Waals surface area (Å²) in [5.41, 5.74) is 0. The quantitative estimate of drug-likeness (QED) is 0.339. The van der Waals surface area contributed by atoms with Gasteiger partial charge in [0, 0.05) is 0 Å². The summed E-state index contributed by atoms with van der Waals surface area (Å²) in [6.45, 7) is -0.371. The van der Waals surface area contributed by atoms with E-state index in [9.17, 15) is 15.3 Å². The maximum absolute atomic E-state index is 9.23. The third-order valence-electron chi connectivity index (χ3n) is 1.83. The van der Waals surface area contributed by atoms with Gasteiger partial charge in [0.2, 0.25) is 0 Å². The summed E-state index contributed by atoms with van der Waals surface area (Å²) in [5, 5.41) is 36.4. The summed E-state index contributed by atoms with van der Waals surface area (Å²) in [5.74, 6) is 0. The van der Waals surface area contributed by atoms with Gasteiger partial charge in [0.25, 0.3) is 0 Å². The summed E-state index contributed by atoms with van der Waals surface area (Å²) in [6.07, 6.45) is -4.40. The number of aliphatic hydroxyl groups excluding tert-OH is 4. The van der Waals surface area contributed by atoms with Crippen molar-refractivity contribution in [3.05, 3.63) is 0 Å². The highest BCUT2D eigenvalue weighted by Gasteiger charge is 2.42. The van der Waals surface area contributed by atoms with Gasteiger partial charge in [-0.05, 0) is 22.6 Å². The van der Waals surface area contributed by atoms with Crippen molar-refractivity contribution in [2.45, 2.75) is 28.5 Å². The van der Waals surface area contributed by atoms with Crippen molar-refractivity contribution in [3.63, 3.8) is 0 Å². The largest absolute Gasteiger partial charge is 0.394 e. The Morgan fingerprint density at radius 1 is 1.08 bits per heavy atom. The van der Waals surface area contributed by atoms with Crippen LogP contribution in [0.4, 0.5) is 0 Å². The lowest BCUT2D eigenvalue weighted by molar-refractivity contribution is -0.201. The maximum Gasteiger partial charge on any atom is 0.137 e. The Labute approximate surface area is 83.1 Å². The Hall–Kier alpha value is 0.530. The number of halogens is 1. The third-order valence-corrected chi connectivity index (χ3v) is 2.86. The standard InChI is InChI=1S/C6H11IO5/c7-6-5(11)4(10)3(9)2(1-8)12-6/h2-6,8-11H,1H2/t2-,3-,4+,5-,6?/m1/s1. The second kappa shape index (κ2) is 4.16. The first kappa shape index (κ1) is 10.6. The fourth-order valence-corrected chi connectivity index (χ4v) is 1.86. The van der Waals surface area contributed by atoms with E-state index in [1.54, 1.807) is 22.6 Å². The Kier molecular flexibility index (Phi) is 3.68. The van der Waals surface area contributed by atoms with Crippen molar-refractivity contribution in [3.8, 4) is 0 Å². The van der Waals surface area contributed by atoms with E-state index in [1.165, 1.54) is 0 Å². The molecule has 0 saturated carbocycles. The number of aliphatic hydroxyl groups is 4. The minimum absolute atomic E-state index is 0.371. The number of alkyl halides is 1. The summed E-state index contributed by atoms with van der Waals surface area (Å²) < 4.78 is 4.41. The van der Waals surface area contributed by atoms with E-state index in [1.807, 2.05) is 0 Å². The molecule has 1 fully saturated rings. The van der Waals surface area contributed by atoms with Crippen LogP contribution in [0.2, 0.25) is 0 Å². The van der Waals surface area contributed by atoms with E-state index in [4.69, 9.17) is 9.84 Å². The maximum atomic E-state index is 9.23. The predicted octanol–water partition coefficient (Wildman–Crippen LogP) is -1.78. The van der Waals surface area contributed by atoms with Gasteiger partial charge in [0.1, 0.15) is 28.5 Å². The van der Waals surface area contributed by atoms with Crippen LogP contribution in [0.15, 0.2) is 0 Å². The van der Waals surface area contributed by atoms with Gasteiger partial charge in [-0.25, -0.2) is 0 Å². The molecule has 0 bridgehead atoms. The lowest BCUT2D eigenvalue weighted by atomic mass is 10.0. The summed E-state index contributed by atoms with van der Waals surface area (Å²) >= 11 is 1.79. The molecule has 0 amide bonds. The fourth-order valence-electron chi connectivity index (χ4n) is 1.06. The molecule has 1 aliphatic rings. The molecule has 72 valence electrons. The monoisotopic (exact) mass is 290 g/mol.